The van der Waals surface area contributed by atoms with Crippen LogP contribution in [0.5, 0.6) is 0 Å². The van der Waals surface area contributed by atoms with Crippen LogP contribution in [0.2, 0.25) is 0 Å². The summed E-state index contributed by atoms with van der Waals surface area (Å²) in [5.74, 6) is 0.183. The molecule has 146 valence electrons. The van der Waals surface area contributed by atoms with E-state index in [1.165, 1.54) is 16.4 Å². The molecule has 1 saturated heterocycles. The van der Waals surface area contributed by atoms with Crippen molar-refractivity contribution in [3.63, 3.8) is 0 Å². The summed E-state index contributed by atoms with van der Waals surface area (Å²) in [6, 6.07) is 14.6. The number of hydrogen-bond acceptors (Lipinski definition) is 4. The van der Waals surface area contributed by atoms with Crippen molar-refractivity contribution in [2.24, 2.45) is 11.8 Å². The van der Waals surface area contributed by atoms with Gasteiger partial charge in [-0.1, -0.05) is 26.0 Å². The van der Waals surface area contributed by atoms with Crippen molar-refractivity contribution in [2.75, 3.05) is 18.4 Å². The molecule has 0 bridgehead atoms. The van der Waals surface area contributed by atoms with E-state index in [-0.39, 0.29) is 10.5 Å². The Morgan fingerprint density at radius 2 is 1.79 bits per heavy atom. The zero-order valence-corrected chi connectivity index (χ0v) is 16.7. The first-order valence-electron chi connectivity index (χ1n) is 9.21. The van der Waals surface area contributed by atoms with Crippen LogP contribution in [-0.2, 0) is 10.0 Å². The number of sulfonamides is 1. The van der Waals surface area contributed by atoms with Gasteiger partial charge in [0.1, 0.15) is 0 Å². The molecule has 0 radical (unpaired) electrons. The molecular weight excluding hydrogens is 374 g/mol. The lowest BCUT2D eigenvalue weighted by Crippen LogP contribution is -2.42. The first-order chi connectivity index (χ1) is 13.3. The second-order valence-electron chi connectivity index (χ2n) is 7.44. The number of hydrogen-bond donors (Lipinski definition) is 1. The topological polar surface area (TPSA) is 90.3 Å². The molecule has 1 fully saturated rings. The van der Waals surface area contributed by atoms with Gasteiger partial charge in [-0.25, -0.2) is 8.42 Å². The smallest absolute Gasteiger partial charge is 0.255 e. The van der Waals surface area contributed by atoms with Crippen LogP contribution in [0, 0.1) is 23.2 Å². The minimum atomic E-state index is -3.66. The van der Waals surface area contributed by atoms with E-state index in [9.17, 15) is 13.2 Å². The highest BCUT2D eigenvalue weighted by molar-refractivity contribution is 7.89. The molecular formula is C21H23N3O3S. The van der Waals surface area contributed by atoms with Gasteiger partial charge in [-0.05, 0) is 54.7 Å². The molecule has 1 heterocycles. The molecule has 1 aliphatic heterocycles. The third-order valence-corrected chi connectivity index (χ3v) is 6.65. The molecule has 3 rings (SSSR count). The number of piperidine rings is 1. The maximum absolute atomic E-state index is 13.1. The number of rotatable bonds is 4. The fourth-order valence-electron chi connectivity index (χ4n) is 3.62. The minimum absolute atomic E-state index is 0.118. The third kappa shape index (κ3) is 4.41. The molecule has 6 nitrogen and oxygen atoms in total. The Hall–Kier alpha value is -2.69. The van der Waals surface area contributed by atoms with Gasteiger partial charge in [-0.2, -0.15) is 9.57 Å². The highest BCUT2D eigenvalue weighted by atomic mass is 32.2. The summed E-state index contributed by atoms with van der Waals surface area (Å²) in [5.41, 5.74) is 1.17. The first-order valence-corrected chi connectivity index (χ1v) is 10.7. The third-order valence-electron chi connectivity index (χ3n) is 4.82. The molecule has 1 aliphatic rings. The Bertz CT molecular complexity index is 1020. The molecule has 7 heteroatoms. The molecule has 2 atom stereocenters. The lowest BCUT2D eigenvalue weighted by Gasteiger charge is -2.34. The van der Waals surface area contributed by atoms with E-state index < -0.39 is 15.9 Å². The van der Waals surface area contributed by atoms with Crippen LogP contribution in [0.4, 0.5) is 5.69 Å². The molecule has 2 aromatic carbocycles. The summed E-state index contributed by atoms with van der Waals surface area (Å²) in [7, 11) is -3.66. The van der Waals surface area contributed by atoms with Gasteiger partial charge in [0.25, 0.3) is 5.91 Å². The van der Waals surface area contributed by atoms with Gasteiger partial charge in [-0.3, -0.25) is 4.79 Å². The number of nitriles is 1. The van der Waals surface area contributed by atoms with Gasteiger partial charge >= 0.3 is 0 Å². The van der Waals surface area contributed by atoms with Crippen molar-refractivity contribution in [1.29, 1.82) is 5.26 Å². The lowest BCUT2D eigenvalue weighted by atomic mass is 9.94. The molecule has 0 unspecified atom stereocenters. The molecule has 0 saturated carbocycles. The van der Waals surface area contributed by atoms with Crippen LogP contribution in [0.3, 0.4) is 0 Å². The number of nitrogens with one attached hydrogen (secondary N) is 1. The molecule has 0 spiro atoms. The first kappa shape index (κ1) is 20.1. The van der Waals surface area contributed by atoms with Gasteiger partial charge < -0.3 is 5.32 Å². The number of carbonyl (C=O) groups excluding carboxylic acids is 1. The maximum atomic E-state index is 13.1. The number of nitrogens with zero attached hydrogens (tertiary/aromatic N) is 2. The van der Waals surface area contributed by atoms with E-state index in [4.69, 9.17) is 5.26 Å². The largest absolute Gasteiger partial charge is 0.322 e. The predicted octanol–water partition coefficient (Wildman–Crippen LogP) is 3.48. The van der Waals surface area contributed by atoms with Gasteiger partial charge in [0.2, 0.25) is 10.0 Å². The van der Waals surface area contributed by atoms with Crippen LogP contribution in [0.15, 0.2) is 53.4 Å². The standard InChI is InChI=1S/C21H23N3O3S/c1-15-9-16(2)14-24(13-15)28(26,27)20-8-4-6-18(11-20)21(25)23-19-7-3-5-17(10-19)12-22/h3-8,10-11,15-16H,9,13-14H2,1-2H3,(H,23,25)/t15-,16-/m0/s1. The highest BCUT2D eigenvalue weighted by Crippen LogP contribution is 2.27. The van der Waals surface area contributed by atoms with E-state index in [1.807, 2.05) is 6.07 Å². The van der Waals surface area contributed by atoms with Crippen LogP contribution in [-0.4, -0.2) is 31.7 Å². The normalized spacial score (nSPS) is 20.3. The average molecular weight is 398 g/mol. The van der Waals surface area contributed by atoms with Gasteiger partial charge in [0.05, 0.1) is 16.5 Å². The molecule has 0 aromatic heterocycles. The van der Waals surface area contributed by atoms with Crippen LogP contribution >= 0.6 is 0 Å². The Kier molecular flexibility index (Phi) is 5.82. The van der Waals surface area contributed by atoms with Gasteiger partial charge in [-0.15, -0.1) is 0 Å². The van der Waals surface area contributed by atoms with E-state index in [2.05, 4.69) is 19.2 Å². The number of anilines is 1. The van der Waals surface area contributed by atoms with Crippen molar-refractivity contribution in [3.05, 3.63) is 59.7 Å². The van der Waals surface area contributed by atoms with Crippen LogP contribution in [0.1, 0.15) is 36.2 Å². The van der Waals surface area contributed by atoms with Crippen molar-refractivity contribution in [3.8, 4) is 6.07 Å². The fourth-order valence-corrected chi connectivity index (χ4v) is 5.34. The summed E-state index contributed by atoms with van der Waals surface area (Å²) in [4.78, 5) is 12.7. The van der Waals surface area contributed by atoms with E-state index in [0.717, 1.165) is 6.42 Å². The maximum Gasteiger partial charge on any atom is 0.255 e. The zero-order valence-electron chi connectivity index (χ0n) is 15.9. The van der Waals surface area contributed by atoms with Crippen molar-refractivity contribution < 1.29 is 13.2 Å². The van der Waals surface area contributed by atoms with E-state index >= 15 is 0 Å². The Balaban J connectivity index is 1.83. The Labute approximate surface area is 165 Å². The molecule has 2 aromatic rings. The number of amides is 1. The quantitative estimate of drug-likeness (QED) is 0.855. The summed E-state index contributed by atoms with van der Waals surface area (Å²) in [6.45, 7) is 5.09. The van der Waals surface area contributed by atoms with Gasteiger partial charge in [0, 0.05) is 24.3 Å². The second-order valence-corrected chi connectivity index (χ2v) is 9.38. The van der Waals surface area contributed by atoms with Crippen LogP contribution in [0.25, 0.3) is 0 Å². The Morgan fingerprint density at radius 3 is 2.46 bits per heavy atom. The van der Waals surface area contributed by atoms with Gasteiger partial charge in [0.15, 0.2) is 0 Å². The zero-order chi connectivity index (χ0) is 20.3. The summed E-state index contributed by atoms with van der Waals surface area (Å²) in [6.07, 6.45) is 1.01. The SMILES string of the molecule is C[C@H]1C[C@H](C)CN(S(=O)(=O)c2cccc(C(=O)Nc3cccc(C#N)c3)c2)C1. The average Bonchev–Trinajstić information content (AvgIpc) is 2.67. The monoisotopic (exact) mass is 397 g/mol. The van der Waals surface area contributed by atoms with Crippen molar-refractivity contribution in [1.82, 2.24) is 4.31 Å². The van der Waals surface area contributed by atoms with Crippen molar-refractivity contribution in [2.45, 2.75) is 25.2 Å². The predicted molar refractivity (Wildman–Crippen MR) is 107 cm³/mol. The van der Waals surface area contributed by atoms with Crippen molar-refractivity contribution >= 4 is 21.6 Å². The lowest BCUT2D eigenvalue weighted by molar-refractivity contribution is 0.102. The van der Waals surface area contributed by atoms with Crippen LogP contribution < -0.4 is 5.32 Å². The van der Waals surface area contributed by atoms with E-state index in [0.29, 0.717) is 36.2 Å². The summed E-state index contributed by atoms with van der Waals surface area (Å²) in [5, 5.41) is 11.7. The second kappa shape index (κ2) is 8.13. The molecule has 28 heavy (non-hydrogen) atoms. The minimum Gasteiger partial charge on any atom is -0.322 e. The van der Waals surface area contributed by atoms with E-state index in [1.54, 1.807) is 36.4 Å². The molecule has 1 N–H and O–H groups in total. The summed E-state index contributed by atoms with van der Waals surface area (Å²) < 4.78 is 27.6. The molecule has 0 aliphatic carbocycles. The Morgan fingerprint density at radius 1 is 1.11 bits per heavy atom. The number of benzene rings is 2. The molecule has 1 amide bonds. The fraction of sp³-hybridized carbons (Fsp3) is 0.333. The number of carbonyl (C=O) groups is 1. The summed E-state index contributed by atoms with van der Waals surface area (Å²) >= 11 is 0. The highest BCUT2D eigenvalue weighted by Gasteiger charge is 2.31.